The van der Waals surface area contributed by atoms with Crippen molar-refractivity contribution < 1.29 is 44.6 Å². The molecule has 0 radical (unpaired) electrons. The number of methoxy groups -OCH3 is 2. The Kier molecular flexibility index (Phi) is 6.01. The Morgan fingerprint density at radius 1 is 0.690 bits per heavy atom. The van der Waals surface area contributed by atoms with Gasteiger partial charge in [-0.25, -0.2) is 0 Å². The van der Waals surface area contributed by atoms with Crippen LogP contribution in [0.2, 0.25) is 0 Å². The van der Waals surface area contributed by atoms with Crippen LogP contribution in [-0.4, -0.2) is 62.5 Å². The highest BCUT2D eigenvalue weighted by Gasteiger charge is 2.41. The largest absolute Gasteiger partial charge is 0.507 e. The quantitative estimate of drug-likeness (QED) is 0.232. The van der Waals surface area contributed by atoms with Crippen molar-refractivity contribution >= 4 is 33.1 Å². The van der Waals surface area contributed by atoms with Gasteiger partial charge >= 0.3 is 0 Å². The summed E-state index contributed by atoms with van der Waals surface area (Å²) in [5.41, 5.74) is -0.643. The van der Waals surface area contributed by atoms with Crippen molar-refractivity contribution in [1.29, 1.82) is 0 Å². The van der Waals surface area contributed by atoms with E-state index in [0.717, 1.165) is 0 Å². The molecule has 6 rings (SSSR count). The van der Waals surface area contributed by atoms with Crippen molar-refractivity contribution in [3.63, 3.8) is 0 Å². The zero-order chi connectivity index (χ0) is 30.5. The first kappa shape index (κ1) is 27.8. The number of phenolic OH excluding ortho intramolecular Hbond substituents is 3. The Hall–Kier alpha value is -4.34. The molecule has 0 aromatic heterocycles. The lowest BCUT2D eigenvalue weighted by atomic mass is 9.71. The van der Waals surface area contributed by atoms with Crippen molar-refractivity contribution in [3.8, 4) is 39.9 Å². The lowest BCUT2D eigenvalue weighted by molar-refractivity contribution is 0.0394. The summed E-state index contributed by atoms with van der Waals surface area (Å²) in [6, 6.07) is 6.36. The molecule has 0 unspecified atom stereocenters. The Balaban J connectivity index is 1.94. The number of benzene rings is 4. The summed E-state index contributed by atoms with van der Waals surface area (Å²) in [6.07, 6.45) is -0.343. The van der Waals surface area contributed by atoms with Crippen molar-refractivity contribution in [2.45, 2.75) is 57.7 Å². The van der Waals surface area contributed by atoms with E-state index in [9.17, 15) is 35.1 Å². The van der Waals surface area contributed by atoms with Crippen LogP contribution in [-0.2, 0) is 12.8 Å². The van der Waals surface area contributed by atoms with Gasteiger partial charge in [-0.2, -0.15) is 0 Å². The summed E-state index contributed by atoms with van der Waals surface area (Å²) in [4.78, 5) is 27.0. The van der Waals surface area contributed by atoms with Gasteiger partial charge in [0.2, 0.25) is 0 Å². The molecule has 218 valence electrons. The molecule has 4 aromatic carbocycles. The van der Waals surface area contributed by atoms with Crippen molar-refractivity contribution in [2.75, 3.05) is 14.2 Å². The summed E-state index contributed by atoms with van der Waals surface area (Å²) < 4.78 is 11.0. The van der Waals surface area contributed by atoms with E-state index in [4.69, 9.17) is 9.47 Å². The summed E-state index contributed by atoms with van der Waals surface area (Å²) in [5.74, 6) is -1.03. The van der Waals surface area contributed by atoms with Crippen molar-refractivity contribution in [2.24, 2.45) is 0 Å². The Labute approximate surface area is 241 Å². The number of fused-ring (bicyclic) bond motifs is 4. The second-order valence-corrected chi connectivity index (χ2v) is 12.1. The summed E-state index contributed by atoms with van der Waals surface area (Å²) >= 11 is 0. The third-order valence-electron chi connectivity index (χ3n) is 8.65. The zero-order valence-corrected chi connectivity index (χ0v) is 24.0. The minimum absolute atomic E-state index is 0.0173. The molecule has 0 aliphatic heterocycles. The monoisotopic (exact) mass is 572 g/mol. The number of rotatable bonds is 3. The van der Waals surface area contributed by atoms with Gasteiger partial charge in [0, 0.05) is 53.6 Å². The second kappa shape index (κ2) is 9.08. The maximum Gasteiger partial charge on any atom is 0.169 e. The standard InChI is InChI=1S/C33H32O9/c1-14-25(42-5)9-19-27(21-11-33(3,40)13-24(36)28(21)31(38)29(19)30(14)37)26-18-6-15(41-4)7-22(34)16(18)8-17-20(26)10-32(2,39)12-23(17)35/h6-9,34,37-40H,10-13H2,1-5H3/t32-,33-/m0/s1. The van der Waals surface area contributed by atoms with Crippen molar-refractivity contribution in [1.82, 2.24) is 0 Å². The maximum absolute atomic E-state index is 13.6. The van der Waals surface area contributed by atoms with Crippen molar-refractivity contribution in [3.05, 3.63) is 52.1 Å². The number of ether oxygens (including phenoxy) is 2. The van der Waals surface area contributed by atoms with Gasteiger partial charge in [0.1, 0.15) is 28.7 Å². The maximum atomic E-state index is 13.6. The van der Waals surface area contributed by atoms with Crippen LogP contribution in [0, 0.1) is 6.92 Å². The predicted octanol–water partition coefficient (Wildman–Crippen LogP) is 4.86. The van der Waals surface area contributed by atoms with E-state index in [1.807, 2.05) is 0 Å². The first-order chi connectivity index (χ1) is 19.7. The van der Waals surface area contributed by atoms with Crippen LogP contribution in [0.25, 0.3) is 32.7 Å². The predicted molar refractivity (Wildman–Crippen MR) is 156 cm³/mol. The topological polar surface area (TPSA) is 154 Å². The molecule has 0 saturated carbocycles. The number of hydrogen-bond donors (Lipinski definition) is 5. The van der Waals surface area contributed by atoms with Gasteiger partial charge in [-0.15, -0.1) is 0 Å². The van der Waals surface area contributed by atoms with E-state index in [1.54, 1.807) is 32.0 Å². The summed E-state index contributed by atoms with van der Waals surface area (Å²) in [5, 5.41) is 57.5. The SMILES string of the molecule is COc1cc(O)c2cc3c(c(-c4c5c(c(O)c6c(O)c(C)c(OC)cc46)C(=O)C[C@@](C)(O)C5)c2c1)C[C@](C)(O)CC3=O. The molecule has 5 N–H and O–H groups in total. The van der Waals surface area contributed by atoms with Gasteiger partial charge in [0.05, 0.1) is 36.4 Å². The molecule has 2 aliphatic rings. The van der Waals surface area contributed by atoms with Gasteiger partial charge in [-0.1, -0.05) is 0 Å². The number of carbonyl (C=O) groups excluding carboxylic acids is 2. The molecule has 0 saturated heterocycles. The summed E-state index contributed by atoms with van der Waals surface area (Å²) in [6.45, 7) is 4.73. The molecule has 4 aromatic rings. The fraction of sp³-hybridized carbons (Fsp3) is 0.333. The number of ketones is 2. The fourth-order valence-corrected chi connectivity index (χ4v) is 6.81. The number of carbonyl (C=O) groups is 2. The van der Waals surface area contributed by atoms with Crippen LogP contribution in [0.5, 0.6) is 28.7 Å². The molecule has 0 bridgehead atoms. The van der Waals surface area contributed by atoms with Gasteiger partial charge in [0.25, 0.3) is 0 Å². The van der Waals surface area contributed by atoms with Gasteiger partial charge in [0.15, 0.2) is 11.6 Å². The fourth-order valence-electron chi connectivity index (χ4n) is 6.81. The highest BCUT2D eigenvalue weighted by molar-refractivity contribution is 6.20. The van der Waals surface area contributed by atoms with Crippen LogP contribution in [0.3, 0.4) is 0 Å². The molecule has 9 heteroatoms. The highest BCUT2D eigenvalue weighted by atomic mass is 16.5. The van der Waals surface area contributed by atoms with Crippen LogP contribution in [0.1, 0.15) is 64.1 Å². The molecule has 2 aliphatic carbocycles. The normalized spacial score (nSPS) is 21.9. The minimum atomic E-state index is -1.46. The minimum Gasteiger partial charge on any atom is -0.507 e. The first-order valence-electron chi connectivity index (χ1n) is 13.6. The van der Waals surface area contributed by atoms with Gasteiger partial charge in [-0.05, 0) is 66.6 Å². The lowest BCUT2D eigenvalue weighted by Gasteiger charge is -2.35. The molecule has 0 amide bonds. The number of Topliss-reactive ketones (excluding diaryl/α,β-unsaturated/α-hetero) is 2. The van der Waals surface area contributed by atoms with E-state index in [-0.39, 0.29) is 53.9 Å². The Morgan fingerprint density at radius 3 is 1.95 bits per heavy atom. The van der Waals surface area contributed by atoms with E-state index in [1.165, 1.54) is 27.2 Å². The smallest absolute Gasteiger partial charge is 0.169 e. The molecule has 0 fully saturated rings. The molecular weight excluding hydrogens is 540 g/mol. The zero-order valence-electron chi connectivity index (χ0n) is 24.0. The van der Waals surface area contributed by atoms with E-state index >= 15 is 0 Å². The number of phenols is 3. The molecule has 42 heavy (non-hydrogen) atoms. The van der Waals surface area contributed by atoms with Gasteiger partial charge < -0.3 is 35.0 Å². The average molecular weight is 573 g/mol. The molecule has 0 spiro atoms. The number of hydrogen-bond acceptors (Lipinski definition) is 9. The average Bonchev–Trinajstić information content (AvgIpc) is 2.88. The lowest BCUT2D eigenvalue weighted by Crippen LogP contribution is -2.37. The van der Waals surface area contributed by atoms with E-state index in [0.29, 0.717) is 61.0 Å². The molecule has 2 atom stereocenters. The van der Waals surface area contributed by atoms with Crippen LogP contribution in [0.15, 0.2) is 24.3 Å². The third kappa shape index (κ3) is 3.99. The third-order valence-corrected chi connectivity index (χ3v) is 8.65. The molecule has 0 heterocycles. The van der Waals surface area contributed by atoms with Crippen LogP contribution < -0.4 is 9.47 Å². The van der Waals surface area contributed by atoms with Crippen LogP contribution in [0.4, 0.5) is 0 Å². The number of aromatic hydroxyl groups is 3. The molecule has 9 nitrogen and oxygen atoms in total. The first-order valence-corrected chi connectivity index (χ1v) is 13.6. The Bertz CT molecular complexity index is 1880. The highest BCUT2D eigenvalue weighted by Crippen LogP contribution is 2.54. The molecular formula is C33H32O9. The number of aliphatic hydroxyl groups is 2. The van der Waals surface area contributed by atoms with Gasteiger partial charge in [-0.3, -0.25) is 9.59 Å². The Morgan fingerprint density at radius 2 is 1.31 bits per heavy atom. The van der Waals surface area contributed by atoms with E-state index in [2.05, 4.69) is 0 Å². The van der Waals surface area contributed by atoms with Crippen LogP contribution >= 0.6 is 0 Å². The second-order valence-electron chi connectivity index (χ2n) is 12.1. The summed E-state index contributed by atoms with van der Waals surface area (Å²) in [7, 11) is 2.89. The van der Waals surface area contributed by atoms with E-state index < -0.39 is 22.7 Å².